The monoisotopic (exact) mass is 479 g/mol. The van der Waals surface area contributed by atoms with Gasteiger partial charge in [-0.1, -0.05) is 18.2 Å². The highest BCUT2D eigenvalue weighted by Crippen LogP contribution is 2.35. The topological polar surface area (TPSA) is 53.1 Å². The minimum Gasteiger partial charge on any atom is -0.365 e. The van der Waals surface area contributed by atoms with Crippen LogP contribution >= 0.6 is 0 Å². The third kappa shape index (κ3) is 4.75. The zero-order valence-electron chi connectivity index (χ0n) is 19.8. The highest BCUT2D eigenvalue weighted by atomic mass is 19.1. The first-order chi connectivity index (χ1) is 16.9. The molecule has 8 heteroatoms. The summed E-state index contributed by atoms with van der Waals surface area (Å²) in [5.74, 6) is -1.10. The summed E-state index contributed by atoms with van der Waals surface area (Å²) in [6, 6.07) is 8.15. The van der Waals surface area contributed by atoms with E-state index in [-0.39, 0.29) is 29.4 Å². The van der Waals surface area contributed by atoms with Crippen molar-refractivity contribution >= 4 is 23.4 Å². The molecule has 2 aromatic carbocycles. The molecule has 3 heterocycles. The third-order valence-corrected chi connectivity index (χ3v) is 6.68. The number of nitrogens with zero attached hydrogens (tertiary/aromatic N) is 3. The number of benzene rings is 2. The smallest absolute Gasteiger partial charge is 0.227 e. The summed E-state index contributed by atoms with van der Waals surface area (Å²) in [4.78, 5) is 10.4. The van der Waals surface area contributed by atoms with E-state index in [1.54, 1.807) is 24.3 Å². The standard InChI is InChI=1S/C27H28F3N5/c1-16(2)35-11-3-4-21-22(28)12-18(13-25(21)35)26-24(30)15-32-27(34-26)33-19-5-6-20(23(29)14-19)17-7-9-31-10-8-17/h3-6,12-17,31H,7-11H2,1-2H3,(H,32,33,34). The lowest BCUT2D eigenvalue weighted by molar-refractivity contribution is 0.445. The van der Waals surface area contributed by atoms with Crippen molar-refractivity contribution in [2.24, 2.45) is 0 Å². The molecule has 1 fully saturated rings. The maximum absolute atomic E-state index is 15.0. The zero-order valence-corrected chi connectivity index (χ0v) is 19.8. The van der Waals surface area contributed by atoms with Crippen molar-refractivity contribution in [3.63, 3.8) is 0 Å². The van der Waals surface area contributed by atoms with Crippen LogP contribution in [0.5, 0.6) is 0 Å². The highest BCUT2D eigenvalue weighted by Gasteiger charge is 2.22. The summed E-state index contributed by atoms with van der Waals surface area (Å²) in [6.07, 6.45) is 6.50. The van der Waals surface area contributed by atoms with Gasteiger partial charge in [-0.05, 0) is 75.5 Å². The number of halogens is 3. The van der Waals surface area contributed by atoms with E-state index < -0.39 is 11.6 Å². The van der Waals surface area contributed by atoms with Crippen LogP contribution in [0.2, 0.25) is 0 Å². The Morgan fingerprint density at radius 3 is 2.57 bits per heavy atom. The lowest BCUT2D eigenvalue weighted by Gasteiger charge is -2.32. The minimum atomic E-state index is -0.662. The van der Waals surface area contributed by atoms with E-state index in [2.05, 4.69) is 20.6 Å². The van der Waals surface area contributed by atoms with Crippen LogP contribution in [0.15, 0.2) is 42.6 Å². The van der Waals surface area contributed by atoms with Gasteiger partial charge in [0.25, 0.3) is 0 Å². The molecule has 35 heavy (non-hydrogen) atoms. The molecule has 5 rings (SSSR count). The normalized spacial score (nSPS) is 16.0. The highest BCUT2D eigenvalue weighted by molar-refractivity contribution is 5.78. The maximum atomic E-state index is 15.0. The van der Waals surface area contributed by atoms with Crippen LogP contribution in [0.3, 0.4) is 0 Å². The second-order valence-electron chi connectivity index (χ2n) is 9.32. The molecule has 0 amide bonds. The molecule has 0 spiro atoms. The first-order valence-corrected chi connectivity index (χ1v) is 12.0. The molecule has 3 aromatic rings. The Bertz CT molecular complexity index is 1270. The molecule has 182 valence electrons. The van der Waals surface area contributed by atoms with Crippen molar-refractivity contribution < 1.29 is 13.2 Å². The SMILES string of the molecule is CC(C)N1CC=Cc2c(F)cc(-c3nc(Nc4ccc(C5CCNCC5)c(F)c4)ncc3F)cc21. The molecule has 1 saturated heterocycles. The van der Waals surface area contributed by atoms with E-state index in [1.807, 2.05) is 24.8 Å². The Labute approximate surface area is 203 Å². The van der Waals surface area contributed by atoms with Gasteiger partial charge in [0.15, 0.2) is 5.82 Å². The van der Waals surface area contributed by atoms with Gasteiger partial charge in [0, 0.05) is 35.1 Å². The molecular weight excluding hydrogens is 451 g/mol. The van der Waals surface area contributed by atoms with E-state index in [0.29, 0.717) is 34.6 Å². The molecule has 0 bridgehead atoms. The minimum absolute atomic E-state index is 0.0192. The second-order valence-corrected chi connectivity index (χ2v) is 9.32. The van der Waals surface area contributed by atoms with Crippen molar-refractivity contribution in [2.75, 3.05) is 29.9 Å². The van der Waals surface area contributed by atoms with Crippen molar-refractivity contribution in [2.45, 2.75) is 38.6 Å². The predicted octanol–water partition coefficient (Wildman–Crippen LogP) is 6.01. The molecule has 0 radical (unpaired) electrons. The van der Waals surface area contributed by atoms with Crippen molar-refractivity contribution in [3.05, 3.63) is 71.2 Å². The molecule has 5 nitrogen and oxygen atoms in total. The number of hydrogen-bond donors (Lipinski definition) is 2. The van der Waals surface area contributed by atoms with Gasteiger partial charge in [0.1, 0.15) is 17.3 Å². The van der Waals surface area contributed by atoms with E-state index in [1.165, 1.54) is 12.1 Å². The molecule has 0 saturated carbocycles. The molecule has 1 aromatic heterocycles. The Balaban J connectivity index is 1.44. The van der Waals surface area contributed by atoms with Crippen LogP contribution in [0, 0.1) is 17.5 Å². The van der Waals surface area contributed by atoms with Crippen LogP contribution < -0.4 is 15.5 Å². The Kier molecular flexibility index (Phi) is 6.47. The van der Waals surface area contributed by atoms with Gasteiger partial charge in [-0.25, -0.2) is 23.1 Å². The van der Waals surface area contributed by atoms with Crippen LogP contribution in [0.4, 0.5) is 30.5 Å². The Morgan fingerprint density at radius 1 is 1.03 bits per heavy atom. The number of piperidine rings is 1. The van der Waals surface area contributed by atoms with E-state index in [9.17, 15) is 13.2 Å². The molecule has 2 N–H and O–H groups in total. The third-order valence-electron chi connectivity index (χ3n) is 6.68. The number of nitrogens with one attached hydrogen (secondary N) is 2. The molecule has 2 aliphatic heterocycles. The molecule has 0 aliphatic carbocycles. The lowest BCUT2D eigenvalue weighted by Crippen LogP contribution is -2.33. The first kappa shape index (κ1) is 23.4. The fourth-order valence-electron chi connectivity index (χ4n) is 4.84. The zero-order chi connectivity index (χ0) is 24.5. The van der Waals surface area contributed by atoms with Crippen LogP contribution in [-0.4, -0.2) is 35.6 Å². The maximum Gasteiger partial charge on any atom is 0.227 e. The fourth-order valence-corrected chi connectivity index (χ4v) is 4.84. The summed E-state index contributed by atoms with van der Waals surface area (Å²) in [5.41, 5.74) is 2.63. The van der Waals surface area contributed by atoms with E-state index >= 15 is 0 Å². The van der Waals surface area contributed by atoms with Gasteiger partial charge < -0.3 is 15.5 Å². The van der Waals surface area contributed by atoms with Gasteiger partial charge in [0.05, 0.1) is 6.20 Å². The first-order valence-electron chi connectivity index (χ1n) is 12.0. The second kappa shape index (κ2) is 9.70. The fraction of sp³-hybridized carbons (Fsp3) is 0.333. The largest absolute Gasteiger partial charge is 0.365 e. The molecule has 2 aliphatic rings. The van der Waals surface area contributed by atoms with Crippen molar-refractivity contribution in [1.29, 1.82) is 0 Å². The summed E-state index contributed by atoms with van der Waals surface area (Å²) >= 11 is 0. The van der Waals surface area contributed by atoms with Crippen LogP contribution in [0.1, 0.15) is 43.7 Å². The summed E-state index contributed by atoms with van der Waals surface area (Å²) in [5, 5.41) is 6.25. The number of fused-ring (bicyclic) bond motifs is 1. The number of anilines is 3. The average molecular weight is 480 g/mol. The van der Waals surface area contributed by atoms with Gasteiger partial charge in [-0.3, -0.25) is 0 Å². The van der Waals surface area contributed by atoms with Gasteiger partial charge in [-0.15, -0.1) is 0 Å². The summed E-state index contributed by atoms with van der Waals surface area (Å²) < 4.78 is 44.6. The number of aromatic nitrogens is 2. The summed E-state index contributed by atoms with van der Waals surface area (Å²) in [6.45, 7) is 6.45. The number of rotatable bonds is 5. The van der Waals surface area contributed by atoms with Gasteiger partial charge in [0.2, 0.25) is 5.95 Å². The van der Waals surface area contributed by atoms with E-state index in [4.69, 9.17) is 0 Å². The summed E-state index contributed by atoms with van der Waals surface area (Å²) in [7, 11) is 0. The predicted molar refractivity (Wildman–Crippen MR) is 133 cm³/mol. The Hall–Kier alpha value is -3.39. The average Bonchev–Trinajstić information content (AvgIpc) is 2.85. The van der Waals surface area contributed by atoms with Gasteiger partial charge in [-0.2, -0.15) is 0 Å². The molecular formula is C27H28F3N5. The molecule has 0 unspecified atom stereocenters. The lowest BCUT2D eigenvalue weighted by atomic mass is 9.90. The van der Waals surface area contributed by atoms with Crippen LogP contribution in [0.25, 0.3) is 17.3 Å². The molecule has 0 atom stereocenters. The number of hydrogen-bond acceptors (Lipinski definition) is 5. The van der Waals surface area contributed by atoms with E-state index in [0.717, 1.165) is 32.1 Å². The van der Waals surface area contributed by atoms with Gasteiger partial charge >= 0.3 is 0 Å². The van der Waals surface area contributed by atoms with Crippen molar-refractivity contribution in [3.8, 4) is 11.3 Å². The van der Waals surface area contributed by atoms with Crippen molar-refractivity contribution in [1.82, 2.24) is 15.3 Å². The Morgan fingerprint density at radius 2 is 1.83 bits per heavy atom. The van der Waals surface area contributed by atoms with Crippen LogP contribution in [-0.2, 0) is 0 Å². The quantitative estimate of drug-likeness (QED) is 0.469.